The van der Waals surface area contributed by atoms with E-state index in [1.165, 1.54) is 36.4 Å². The average Bonchev–Trinajstić information content (AvgIpc) is 2.72. The van der Waals surface area contributed by atoms with E-state index in [1.807, 2.05) is 0 Å². The normalized spacial score (nSPS) is 12.6. The number of nitrogens with zero attached hydrogens (tertiary/aromatic N) is 2. The van der Waals surface area contributed by atoms with Crippen molar-refractivity contribution in [1.29, 1.82) is 0 Å². The van der Waals surface area contributed by atoms with Crippen LogP contribution in [-0.2, 0) is 6.61 Å². The summed E-state index contributed by atoms with van der Waals surface area (Å²) in [5.74, 6) is -6.01. The van der Waals surface area contributed by atoms with Crippen LogP contribution in [0.2, 0.25) is 0 Å². The molecule has 0 aliphatic heterocycles. The second-order valence-electron chi connectivity index (χ2n) is 6.49. The summed E-state index contributed by atoms with van der Waals surface area (Å²) in [6.45, 7) is 1.77. The second-order valence-corrected chi connectivity index (χ2v) is 7.65. The number of nitrogens with one attached hydrogen (secondary N) is 1. The van der Waals surface area contributed by atoms with Gasteiger partial charge in [0.1, 0.15) is 6.61 Å². The Bertz CT molecular complexity index is 1050. The number of hydrazone groups is 1. The monoisotopic (exact) mass is 609 g/mol. The predicted molar refractivity (Wildman–Crippen MR) is 114 cm³/mol. The largest absolute Gasteiger partial charge is 0.490 e. The lowest BCUT2D eigenvalue weighted by Crippen LogP contribution is -2.58. The minimum absolute atomic E-state index is 0.0121. The molecular formula is C19H15F7IN3O4. The molecule has 0 atom stereocenters. The van der Waals surface area contributed by atoms with Gasteiger partial charge < -0.3 is 9.47 Å². The molecule has 0 spiro atoms. The van der Waals surface area contributed by atoms with Gasteiger partial charge in [-0.2, -0.15) is 35.8 Å². The first kappa shape index (κ1) is 27.4. The number of halogens is 8. The fraction of sp³-hybridized carbons (Fsp3) is 0.316. The molecular weight excluding hydrogens is 594 g/mol. The Kier molecular flexibility index (Phi) is 8.54. The van der Waals surface area contributed by atoms with Crippen LogP contribution in [0.1, 0.15) is 18.1 Å². The van der Waals surface area contributed by atoms with Crippen LogP contribution in [0.15, 0.2) is 41.5 Å². The number of alkyl halides is 7. The highest BCUT2D eigenvalue weighted by atomic mass is 127. The van der Waals surface area contributed by atoms with Crippen LogP contribution in [0.3, 0.4) is 0 Å². The van der Waals surface area contributed by atoms with Gasteiger partial charge in [-0.3, -0.25) is 10.1 Å². The molecule has 186 valence electrons. The first-order valence-electron chi connectivity index (χ1n) is 9.14. The van der Waals surface area contributed by atoms with E-state index in [1.54, 1.807) is 29.5 Å². The molecule has 1 N–H and O–H groups in total. The van der Waals surface area contributed by atoms with Crippen molar-refractivity contribution in [3.63, 3.8) is 0 Å². The maximum Gasteiger partial charge on any atom is 0.462 e. The van der Waals surface area contributed by atoms with E-state index in [0.29, 0.717) is 20.8 Å². The van der Waals surface area contributed by atoms with Crippen molar-refractivity contribution in [2.75, 3.05) is 6.61 Å². The molecule has 0 amide bonds. The Hall–Kier alpha value is -2.85. The summed E-state index contributed by atoms with van der Waals surface area (Å²) >= 11 is 1.81. The molecule has 0 heterocycles. The Morgan fingerprint density at radius 1 is 1.09 bits per heavy atom. The summed E-state index contributed by atoms with van der Waals surface area (Å²) in [5, 5.41) is 13.5. The van der Waals surface area contributed by atoms with Crippen LogP contribution in [-0.4, -0.2) is 35.9 Å². The third-order valence-electron chi connectivity index (χ3n) is 4.03. The molecule has 34 heavy (non-hydrogen) atoms. The average molecular weight is 609 g/mol. The van der Waals surface area contributed by atoms with Crippen LogP contribution < -0.4 is 14.9 Å². The molecule has 0 saturated heterocycles. The van der Waals surface area contributed by atoms with E-state index in [4.69, 9.17) is 9.47 Å². The summed E-state index contributed by atoms with van der Waals surface area (Å²) in [6.07, 6.45) is -5.87. The fourth-order valence-electron chi connectivity index (χ4n) is 2.37. The van der Waals surface area contributed by atoms with Crippen LogP contribution in [0.5, 0.6) is 11.5 Å². The first-order valence-corrected chi connectivity index (χ1v) is 10.2. The highest BCUT2D eigenvalue weighted by molar-refractivity contribution is 14.1. The highest BCUT2D eigenvalue weighted by Gasteiger charge is 2.73. The highest BCUT2D eigenvalue weighted by Crippen LogP contribution is 2.45. The molecule has 0 saturated carbocycles. The lowest BCUT2D eigenvalue weighted by molar-refractivity contribution is -0.384. The van der Waals surface area contributed by atoms with E-state index in [-0.39, 0.29) is 36.0 Å². The maximum atomic E-state index is 13.3. The molecule has 0 aliphatic carbocycles. The standard InChI is InChI=1S/C19H15F7IN3O4/c1-2-33-15-8-12(9-28-29-19(25,26)17(20,21)18(22,23)24)7-14(27)16(15)34-10-11-3-5-13(6-4-11)30(31)32/h3-9,29H,2,10H2,1H3/b28-9-. The van der Waals surface area contributed by atoms with Crippen molar-refractivity contribution in [3.8, 4) is 11.5 Å². The summed E-state index contributed by atoms with van der Waals surface area (Å²) in [7, 11) is 0. The van der Waals surface area contributed by atoms with Crippen molar-refractivity contribution in [1.82, 2.24) is 5.43 Å². The van der Waals surface area contributed by atoms with Crippen molar-refractivity contribution in [3.05, 3.63) is 61.2 Å². The molecule has 0 aliphatic rings. The van der Waals surface area contributed by atoms with Gasteiger partial charge in [0, 0.05) is 12.1 Å². The van der Waals surface area contributed by atoms with Gasteiger partial charge in [-0.05, 0) is 64.9 Å². The Morgan fingerprint density at radius 3 is 2.24 bits per heavy atom. The van der Waals surface area contributed by atoms with Crippen molar-refractivity contribution < 1.29 is 45.1 Å². The summed E-state index contributed by atoms with van der Waals surface area (Å²) < 4.78 is 100. The van der Waals surface area contributed by atoms with Gasteiger partial charge in [-0.15, -0.1) is 0 Å². The van der Waals surface area contributed by atoms with Gasteiger partial charge >= 0.3 is 18.1 Å². The van der Waals surface area contributed by atoms with E-state index in [9.17, 15) is 40.8 Å². The van der Waals surface area contributed by atoms with Gasteiger partial charge in [0.15, 0.2) is 11.5 Å². The quantitative estimate of drug-likeness (QED) is 0.0908. The second kappa shape index (κ2) is 10.6. The van der Waals surface area contributed by atoms with E-state index < -0.39 is 23.1 Å². The zero-order valence-electron chi connectivity index (χ0n) is 17.0. The van der Waals surface area contributed by atoms with E-state index in [2.05, 4.69) is 5.10 Å². The Morgan fingerprint density at radius 2 is 1.71 bits per heavy atom. The molecule has 2 aromatic rings. The van der Waals surface area contributed by atoms with E-state index >= 15 is 0 Å². The Balaban J connectivity index is 2.20. The molecule has 0 fully saturated rings. The summed E-state index contributed by atoms with van der Waals surface area (Å²) in [5.41, 5.74) is 1.06. The van der Waals surface area contributed by atoms with Crippen molar-refractivity contribution in [2.45, 2.75) is 31.7 Å². The molecule has 0 aromatic heterocycles. The fourth-order valence-corrected chi connectivity index (χ4v) is 3.15. The SMILES string of the molecule is CCOc1cc(/C=N\NC(F)(F)C(F)(F)C(F)(F)F)cc(I)c1OCc1ccc([N+](=O)[O-])cc1. The molecule has 2 aromatic carbocycles. The van der Waals surface area contributed by atoms with Crippen molar-refractivity contribution in [2.24, 2.45) is 5.10 Å². The number of rotatable bonds is 10. The number of hydrogen-bond donors (Lipinski definition) is 1. The van der Waals surface area contributed by atoms with Crippen molar-refractivity contribution >= 4 is 34.5 Å². The van der Waals surface area contributed by atoms with Crippen LogP contribution in [0.4, 0.5) is 36.4 Å². The van der Waals surface area contributed by atoms with Gasteiger partial charge in [-0.1, -0.05) is 0 Å². The third kappa shape index (κ3) is 6.38. The van der Waals surface area contributed by atoms with Gasteiger partial charge in [0.05, 0.1) is 21.3 Å². The molecule has 0 radical (unpaired) electrons. The molecule has 7 nitrogen and oxygen atoms in total. The first-order chi connectivity index (χ1) is 15.7. The lowest BCUT2D eigenvalue weighted by atomic mass is 10.2. The zero-order valence-corrected chi connectivity index (χ0v) is 19.2. The van der Waals surface area contributed by atoms with Crippen LogP contribution in [0, 0.1) is 13.7 Å². The number of nitro benzene ring substituents is 1. The van der Waals surface area contributed by atoms with Crippen LogP contribution >= 0.6 is 22.6 Å². The smallest absolute Gasteiger partial charge is 0.462 e. The lowest BCUT2D eigenvalue weighted by Gasteiger charge is -2.27. The number of nitro groups is 1. The summed E-state index contributed by atoms with van der Waals surface area (Å²) in [6, 6.07) is 2.44. The Labute approximate surface area is 201 Å². The zero-order chi connectivity index (χ0) is 25.7. The molecule has 0 bridgehead atoms. The number of hydrogen-bond acceptors (Lipinski definition) is 6. The minimum atomic E-state index is -6.49. The summed E-state index contributed by atoms with van der Waals surface area (Å²) in [4.78, 5) is 10.2. The van der Waals surface area contributed by atoms with Crippen LogP contribution in [0.25, 0.3) is 0 Å². The van der Waals surface area contributed by atoms with Gasteiger partial charge in [0.2, 0.25) is 0 Å². The van der Waals surface area contributed by atoms with E-state index in [0.717, 1.165) is 0 Å². The topological polar surface area (TPSA) is 86.0 Å². The minimum Gasteiger partial charge on any atom is -0.490 e. The van der Waals surface area contributed by atoms with Gasteiger partial charge in [-0.25, -0.2) is 5.43 Å². The number of non-ortho nitro benzene ring substituents is 1. The van der Waals surface area contributed by atoms with Gasteiger partial charge in [0.25, 0.3) is 5.69 Å². The molecule has 2 rings (SSSR count). The molecule has 0 unspecified atom stereocenters. The molecule has 15 heteroatoms. The number of ether oxygens (including phenoxy) is 2. The third-order valence-corrected chi connectivity index (χ3v) is 4.83. The predicted octanol–water partition coefficient (Wildman–Crippen LogP) is 5.89. The number of benzene rings is 2. The maximum absolute atomic E-state index is 13.3.